The van der Waals surface area contributed by atoms with E-state index in [0.717, 1.165) is 22.5 Å². The van der Waals surface area contributed by atoms with Gasteiger partial charge >= 0.3 is 6.03 Å². The number of amides is 3. The van der Waals surface area contributed by atoms with Crippen molar-refractivity contribution in [3.05, 3.63) is 40.3 Å². The highest BCUT2D eigenvalue weighted by molar-refractivity contribution is 8.05. The van der Waals surface area contributed by atoms with Crippen LogP contribution < -0.4 is 16.8 Å². The van der Waals surface area contributed by atoms with E-state index in [1.807, 2.05) is 18.2 Å². The average molecular weight is 376 g/mol. The topological polar surface area (TPSA) is 111 Å². The number of benzene rings is 1. The maximum Gasteiger partial charge on any atom is 0.317 e. The van der Waals surface area contributed by atoms with E-state index in [9.17, 15) is 9.59 Å². The number of methoxy groups -OCH3 is 1. The predicted octanol–water partition coefficient (Wildman–Crippen LogP) is 1.40. The SMILES string of the molecule is COCCNC(=O)N1CCC2=C(C1)CC(C(N)=O)(c1ccccc1N)S2. The molecule has 2 aliphatic heterocycles. The van der Waals surface area contributed by atoms with Gasteiger partial charge in [-0.1, -0.05) is 18.2 Å². The fraction of sp³-hybridized carbons (Fsp3) is 0.444. The van der Waals surface area contributed by atoms with E-state index in [1.54, 1.807) is 18.1 Å². The van der Waals surface area contributed by atoms with E-state index >= 15 is 0 Å². The standard InChI is InChI=1S/C18H24N4O3S/c1-25-9-7-21-17(24)22-8-6-15-12(11-22)10-18(26-15,16(20)23)13-4-2-3-5-14(13)19/h2-5H,6-11,19H2,1H3,(H2,20,23)(H,21,24). The molecule has 140 valence electrons. The van der Waals surface area contributed by atoms with Crippen molar-refractivity contribution >= 4 is 29.4 Å². The van der Waals surface area contributed by atoms with Crippen LogP contribution in [0, 0.1) is 0 Å². The Morgan fingerprint density at radius 1 is 1.38 bits per heavy atom. The zero-order chi connectivity index (χ0) is 18.7. The molecule has 0 spiro atoms. The van der Waals surface area contributed by atoms with Crippen molar-refractivity contribution in [1.29, 1.82) is 0 Å². The fourth-order valence-electron chi connectivity index (χ4n) is 3.47. The summed E-state index contributed by atoms with van der Waals surface area (Å²) in [6.07, 6.45) is 1.21. The lowest BCUT2D eigenvalue weighted by Crippen LogP contribution is -2.44. The third-order valence-corrected chi connectivity index (χ3v) is 6.46. The smallest absolute Gasteiger partial charge is 0.317 e. The minimum atomic E-state index is -0.890. The lowest BCUT2D eigenvalue weighted by atomic mass is 9.88. The number of para-hydroxylation sites is 1. The monoisotopic (exact) mass is 376 g/mol. The van der Waals surface area contributed by atoms with E-state index in [2.05, 4.69) is 5.32 Å². The third kappa shape index (κ3) is 3.39. The molecule has 26 heavy (non-hydrogen) atoms. The number of hydrogen-bond acceptors (Lipinski definition) is 5. The normalized spacial score (nSPS) is 22.3. The van der Waals surface area contributed by atoms with Crippen molar-refractivity contribution in [3.63, 3.8) is 0 Å². The van der Waals surface area contributed by atoms with E-state index in [-0.39, 0.29) is 6.03 Å². The summed E-state index contributed by atoms with van der Waals surface area (Å²) in [6, 6.07) is 7.24. The Hall–Kier alpha value is -2.19. The minimum absolute atomic E-state index is 0.116. The number of rotatable bonds is 5. The molecule has 1 aromatic rings. The molecule has 1 aromatic carbocycles. The Kier molecular flexibility index (Phi) is 5.43. The number of ether oxygens (including phenoxy) is 1. The molecular weight excluding hydrogens is 352 g/mol. The van der Waals surface area contributed by atoms with E-state index in [1.165, 1.54) is 11.8 Å². The number of primary amides is 1. The van der Waals surface area contributed by atoms with Gasteiger partial charge in [-0.05, 0) is 29.4 Å². The van der Waals surface area contributed by atoms with Crippen LogP contribution in [0.5, 0.6) is 0 Å². The van der Waals surface area contributed by atoms with Crippen LogP contribution in [0.1, 0.15) is 18.4 Å². The number of urea groups is 1. The lowest BCUT2D eigenvalue weighted by molar-refractivity contribution is -0.120. The summed E-state index contributed by atoms with van der Waals surface area (Å²) in [6.45, 7) is 2.06. The highest BCUT2D eigenvalue weighted by atomic mass is 32.2. The molecule has 0 aliphatic carbocycles. The second kappa shape index (κ2) is 7.59. The molecule has 3 amide bonds. The molecule has 5 N–H and O–H groups in total. The van der Waals surface area contributed by atoms with Crippen LogP contribution in [0.3, 0.4) is 0 Å². The summed E-state index contributed by atoms with van der Waals surface area (Å²) in [5, 5.41) is 2.84. The molecule has 3 rings (SSSR count). The second-order valence-electron chi connectivity index (χ2n) is 6.48. The van der Waals surface area contributed by atoms with Gasteiger partial charge in [0.1, 0.15) is 4.75 Å². The number of nitrogens with zero attached hydrogens (tertiary/aromatic N) is 1. The summed E-state index contributed by atoms with van der Waals surface area (Å²) in [5.74, 6) is -0.397. The molecule has 7 nitrogen and oxygen atoms in total. The lowest BCUT2D eigenvalue weighted by Gasteiger charge is -2.28. The highest BCUT2D eigenvalue weighted by Gasteiger charge is 2.48. The first-order valence-electron chi connectivity index (χ1n) is 8.54. The van der Waals surface area contributed by atoms with Gasteiger partial charge in [-0.25, -0.2) is 4.79 Å². The largest absolute Gasteiger partial charge is 0.398 e. The molecule has 0 saturated heterocycles. The van der Waals surface area contributed by atoms with Crippen molar-refractivity contribution in [2.75, 3.05) is 39.1 Å². The number of carbonyl (C=O) groups excluding carboxylic acids is 2. The van der Waals surface area contributed by atoms with Gasteiger partial charge in [0.15, 0.2) is 0 Å². The van der Waals surface area contributed by atoms with Crippen LogP contribution in [0.4, 0.5) is 10.5 Å². The number of anilines is 1. The number of nitrogens with one attached hydrogen (secondary N) is 1. The highest BCUT2D eigenvalue weighted by Crippen LogP contribution is 2.55. The Morgan fingerprint density at radius 3 is 2.85 bits per heavy atom. The van der Waals surface area contributed by atoms with Gasteiger partial charge in [0.05, 0.1) is 6.61 Å². The summed E-state index contributed by atoms with van der Waals surface area (Å²) in [5.41, 5.74) is 14.3. The molecule has 1 atom stereocenters. The maximum absolute atomic E-state index is 12.4. The van der Waals surface area contributed by atoms with Crippen LogP contribution in [-0.2, 0) is 14.3 Å². The van der Waals surface area contributed by atoms with Gasteiger partial charge in [0.25, 0.3) is 0 Å². The predicted molar refractivity (Wildman–Crippen MR) is 102 cm³/mol. The van der Waals surface area contributed by atoms with Gasteiger partial charge in [0.2, 0.25) is 5.91 Å². The molecule has 8 heteroatoms. The average Bonchev–Trinajstić information content (AvgIpc) is 3.02. The van der Waals surface area contributed by atoms with Crippen LogP contribution in [0.25, 0.3) is 0 Å². The van der Waals surface area contributed by atoms with Crippen LogP contribution >= 0.6 is 11.8 Å². The second-order valence-corrected chi connectivity index (χ2v) is 7.87. The quantitative estimate of drug-likeness (QED) is 0.531. The van der Waals surface area contributed by atoms with E-state index in [0.29, 0.717) is 38.3 Å². The first kappa shape index (κ1) is 18.6. The molecule has 2 heterocycles. The minimum Gasteiger partial charge on any atom is -0.398 e. The van der Waals surface area contributed by atoms with Crippen molar-refractivity contribution in [2.45, 2.75) is 17.6 Å². The van der Waals surface area contributed by atoms with E-state index in [4.69, 9.17) is 16.2 Å². The first-order chi connectivity index (χ1) is 12.5. The molecular formula is C18H24N4O3S. The summed E-state index contributed by atoms with van der Waals surface area (Å²) >= 11 is 1.50. The number of nitrogens with two attached hydrogens (primary N) is 2. The summed E-state index contributed by atoms with van der Waals surface area (Å²) < 4.78 is 4.06. The van der Waals surface area contributed by atoms with Gasteiger partial charge in [0, 0.05) is 38.0 Å². The van der Waals surface area contributed by atoms with Gasteiger partial charge < -0.3 is 26.4 Å². The Labute approximate surface area is 157 Å². The molecule has 0 bridgehead atoms. The number of carbonyl (C=O) groups is 2. The molecule has 0 radical (unpaired) electrons. The van der Waals surface area contributed by atoms with Gasteiger partial charge in [-0.15, -0.1) is 11.8 Å². The molecule has 2 aliphatic rings. The fourth-order valence-corrected chi connectivity index (χ4v) is 5.00. The molecule has 0 saturated carbocycles. The Morgan fingerprint density at radius 2 is 2.15 bits per heavy atom. The van der Waals surface area contributed by atoms with Crippen molar-refractivity contribution in [1.82, 2.24) is 10.2 Å². The van der Waals surface area contributed by atoms with Crippen LogP contribution in [0.15, 0.2) is 34.7 Å². The van der Waals surface area contributed by atoms with Crippen LogP contribution in [0.2, 0.25) is 0 Å². The Bertz CT molecular complexity index is 752. The Balaban J connectivity index is 1.77. The van der Waals surface area contributed by atoms with Crippen molar-refractivity contribution < 1.29 is 14.3 Å². The molecule has 1 unspecified atom stereocenters. The first-order valence-corrected chi connectivity index (χ1v) is 9.36. The zero-order valence-electron chi connectivity index (χ0n) is 14.8. The van der Waals surface area contributed by atoms with E-state index < -0.39 is 10.7 Å². The van der Waals surface area contributed by atoms with Gasteiger partial charge in [-0.3, -0.25) is 4.79 Å². The summed E-state index contributed by atoms with van der Waals surface area (Å²) in [7, 11) is 1.60. The molecule has 0 fully saturated rings. The number of thioether (sulfide) groups is 1. The molecule has 0 aromatic heterocycles. The van der Waals surface area contributed by atoms with Crippen LogP contribution in [-0.4, -0.2) is 50.2 Å². The third-order valence-electron chi connectivity index (χ3n) is 4.81. The summed E-state index contributed by atoms with van der Waals surface area (Å²) in [4.78, 5) is 27.6. The number of nitrogen functional groups attached to an aromatic ring is 1. The van der Waals surface area contributed by atoms with Crippen molar-refractivity contribution in [2.24, 2.45) is 5.73 Å². The zero-order valence-corrected chi connectivity index (χ0v) is 15.6. The van der Waals surface area contributed by atoms with Gasteiger partial charge in [-0.2, -0.15) is 0 Å². The number of hydrogen-bond donors (Lipinski definition) is 3. The van der Waals surface area contributed by atoms with Crippen molar-refractivity contribution in [3.8, 4) is 0 Å². The maximum atomic E-state index is 12.4.